The van der Waals surface area contributed by atoms with E-state index < -0.39 is 35.5 Å². The predicted octanol–water partition coefficient (Wildman–Crippen LogP) is 5.47. The second-order valence-corrected chi connectivity index (χ2v) is 8.40. The van der Waals surface area contributed by atoms with E-state index in [1.807, 2.05) is 0 Å². The van der Waals surface area contributed by atoms with Gasteiger partial charge in [0, 0.05) is 34.0 Å². The molecule has 38 heavy (non-hydrogen) atoms. The van der Waals surface area contributed by atoms with Crippen molar-refractivity contribution >= 4 is 34.3 Å². The number of hydrogen-bond acceptors (Lipinski definition) is 4. The number of rotatable bonds is 6. The number of fused-ring (bicyclic) bond motifs is 1. The van der Waals surface area contributed by atoms with Crippen molar-refractivity contribution in [1.29, 1.82) is 0 Å². The van der Waals surface area contributed by atoms with E-state index in [9.17, 15) is 28.3 Å². The molecule has 0 unspecified atom stereocenters. The van der Waals surface area contributed by atoms with Crippen molar-refractivity contribution in [1.82, 2.24) is 9.97 Å². The molecular weight excluding hydrogens is 492 g/mol. The zero-order valence-electron chi connectivity index (χ0n) is 19.7. The largest absolute Gasteiger partial charge is 0.481 e. The minimum absolute atomic E-state index is 0.0151. The number of aromatic amines is 1. The zero-order chi connectivity index (χ0) is 26.8. The van der Waals surface area contributed by atoms with Gasteiger partial charge in [0.1, 0.15) is 5.65 Å². The van der Waals surface area contributed by atoms with E-state index in [1.165, 1.54) is 17.2 Å². The van der Waals surface area contributed by atoms with Crippen LogP contribution in [0.1, 0.15) is 15.9 Å². The molecule has 0 aliphatic rings. The molecule has 2 aromatic heterocycles. The number of para-hydroxylation sites is 1. The fraction of sp³-hybridized carbons (Fsp3) is 0.0345. The third-order valence-electron chi connectivity index (χ3n) is 6.00. The van der Waals surface area contributed by atoms with Crippen molar-refractivity contribution in [3.8, 4) is 11.1 Å². The quantitative estimate of drug-likeness (QED) is 0.315. The van der Waals surface area contributed by atoms with Gasteiger partial charge >= 0.3 is 5.97 Å². The molecule has 0 aliphatic carbocycles. The fourth-order valence-corrected chi connectivity index (χ4v) is 4.37. The van der Waals surface area contributed by atoms with Crippen LogP contribution in [0, 0.1) is 11.6 Å². The third kappa shape index (κ3) is 4.53. The van der Waals surface area contributed by atoms with Crippen LogP contribution in [0.2, 0.25) is 0 Å². The Kier molecular flexibility index (Phi) is 6.49. The van der Waals surface area contributed by atoms with Crippen LogP contribution in [0.15, 0.2) is 95.9 Å². The summed E-state index contributed by atoms with van der Waals surface area (Å²) in [6.07, 6.45) is 0.819. The van der Waals surface area contributed by atoms with Gasteiger partial charge in [-0.25, -0.2) is 13.8 Å². The first-order valence-electron chi connectivity index (χ1n) is 11.5. The van der Waals surface area contributed by atoms with Crippen LogP contribution in [0.4, 0.5) is 20.2 Å². The Labute approximate surface area is 214 Å². The average molecular weight is 511 g/mol. The lowest BCUT2D eigenvalue weighted by Crippen LogP contribution is -2.27. The van der Waals surface area contributed by atoms with Crippen LogP contribution < -0.4 is 10.5 Å². The molecule has 0 aliphatic heterocycles. The van der Waals surface area contributed by atoms with Gasteiger partial charge in [-0.3, -0.25) is 19.3 Å². The number of pyridine rings is 2. The second kappa shape index (κ2) is 10.1. The number of nitrogens with zero attached hydrogens (tertiary/aromatic N) is 2. The Bertz CT molecular complexity index is 1740. The van der Waals surface area contributed by atoms with Gasteiger partial charge in [0.05, 0.1) is 12.1 Å². The fourth-order valence-electron chi connectivity index (χ4n) is 4.37. The average Bonchev–Trinajstić information content (AvgIpc) is 2.92. The monoisotopic (exact) mass is 511 g/mol. The minimum atomic E-state index is -1.21. The van der Waals surface area contributed by atoms with Gasteiger partial charge in [0.25, 0.3) is 11.5 Å². The highest BCUT2D eigenvalue weighted by atomic mass is 19.2. The molecule has 0 saturated heterocycles. The predicted molar refractivity (Wildman–Crippen MR) is 138 cm³/mol. The Morgan fingerprint density at radius 3 is 2.24 bits per heavy atom. The van der Waals surface area contributed by atoms with E-state index in [4.69, 9.17) is 0 Å². The highest BCUT2D eigenvalue weighted by Gasteiger charge is 2.27. The lowest BCUT2D eigenvalue weighted by atomic mass is 9.94. The summed E-state index contributed by atoms with van der Waals surface area (Å²) < 4.78 is 27.8. The third-order valence-corrected chi connectivity index (χ3v) is 6.00. The molecule has 2 N–H and O–H groups in total. The number of nitrogens with one attached hydrogen (secondary N) is 1. The lowest BCUT2D eigenvalue weighted by Gasteiger charge is -2.26. The molecule has 0 radical (unpaired) electrons. The second-order valence-electron chi connectivity index (χ2n) is 8.40. The number of aliphatic carboxylic acids is 1. The molecular formula is C29H19F2N3O4. The molecule has 0 saturated carbocycles. The molecule has 0 atom stereocenters. The first kappa shape index (κ1) is 24.5. The van der Waals surface area contributed by atoms with E-state index in [-0.39, 0.29) is 22.5 Å². The number of benzene rings is 3. The molecule has 0 bridgehead atoms. The molecule has 188 valence electrons. The highest BCUT2D eigenvalue weighted by Crippen LogP contribution is 2.39. The number of amides is 1. The molecule has 7 nitrogen and oxygen atoms in total. The van der Waals surface area contributed by atoms with Crippen molar-refractivity contribution < 1.29 is 23.5 Å². The number of aromatic nitrogens is 2. The summed E-state index contributed by atoms with van der Waals surface area (Å²) in [6, 6.07) is 21.6. The summed E-state index contributed by atoms with van der Waals surface area (Å²) in [7, 11) is 0. The number of carbonyl (C=O) groups excluding carboxylic acids is 1. The van der Waals surface area contributed by atoms with Crippen molar-refractivity contribution in [3.05, 3.63) is 124 Å². The molecule has 5 aromatic rings. The van der Waals surface area contributed by atoms with Crippen LogP contribution in [-0.2, 0) is 11.2 Å². The van der Waals surface area contributed by atoms with Crippen LogP contribution >= 0.6 is 0 Å². The van der Waals surface area contributed by atoms with Crippen molar-refractivity contribution in [2.45, 2.75) is 6.42 Å². The first-order valence-corrected chi connectivity index (χ1v) is 11.5. The van der Waals surface area contributed by atoms with Crippen LogP contribution in [0.5, 0.6) is 0 Å². The van der Waals surface area contributed by atoms with E-state index in [1.54, 1.807) is 66.7 Å². The molecule has 0 spiro atoms. The van der Waals surface area contributed by atoms with Crippen molar-refractivity contribution in [3.63, 3.8) is 0 Å². The Balaban J connectivity index is 1.87. The number of carbonyl (C=O) groups is 2. The lowest BCUT2D eigenvalue weighted by molar-refractivity contribution is -0.136. The van der Waals surface area contributed by atoms with E-state index in [0.717, 1.165) is 12.1 Å². The van der Waals surface area contributed by atoms with Gasteiger partial charge < -0.3 is 10.1 Å². The maximum atomic E-state index is 14.1. The van der Waals surface area contributed by atoms with Gasteiger partial charge in [-0.15, -0.1) is 0 Å². The van der Waals surface area contributed by atoms with Crippen molar-refractivity contribution in [2.24, 2.45) is 0 Å². The normalized spacial score (nSPS) is 10.9. The number of hydrogen-bond donors (Lipinski definition) is 2. The number of anilines is 2. The molecule has 1 amide bonds. The maximum Gasteiger partial charge on any atom is 0.308 e. The molecule has 2 heterocycles. The number of carboxylic acid groups (broad SMARTS) is 1. The van der Waals surface area contributed by atoms with E-state index >= 15 is 0 Å². The maximum absolute atomic E-state index is 14.1. The standard InChI is InChI=1S/C29H19F2N3O4/c30-21-12-11-18(15-22(21)31)29(38)34(19-9-5-2-6-10-19)23-13-14-32-27-26(23)25(17-7-3-1-4-8-17)20(16-24(35)36)28(37)33-27/h1-15H,16H2,(H,35,36)(H,32,33,37). The zero-order valence-corrected chi connectivity index (χ0v) is 19.7. The summed E-state index contributed by atoms with van der Waals surface area (Å²) in [5.41, 5.74) is 0.877. The first-order chi connectivity index (χ1) is 18.3. The van der Waals surface area contributed by atoms with Gasteiger partial charge in [-0.05, 0) is 42.0 Å². The van der Waals surface area contributed by atoms with Gasteiger partial charge in [-0.2, -0.15) is 0 Å². The van der Waals surface area contributed by atoms with Gasteiger partial charge in [0.2, 0.25) is 0 Å². The van der Waals surface area contributed by atoms with Crippen LogP contribution in [-0.4, -0.2) is 27.0 Å². The summed E-state index contributed by atoms with van der Waals surface area (Å²) in [6.45, 7) is 0. The molecule has 0 fully saturated rings. The van der Waals surface area contributed by atoms with Crippen LogP contribution in [0.3, 0.4) is 0 Å². The smallest absolute Gasteiger partial charge is 0.308 e. The number of H-pyrrole nitrogens is 1. The van der Waals surface area contributed by atoms with Gasteiger partial charge in [-0.1, -0.05) is 48.5 Å². The highest BCUT2D eigenvalue weighted by molar-refractivity contribution is 6.17. The van der Waals surface area contributed by atoms with Gasteiger partial charge in [0.15, 0.2) is 11.6 Å². The van der Waals surface area contributed by atoms with E-state index in [0.29, 0.717) is 22.2 Å². The topological polar surface area (TPSA) is 103 Å². The Morgan fingerprint density at radius 2 is 1.58 bits per heavy atom. The summed E-state index contributed by atoms with van der Waals surface area (Å²) in [5.74, 6) is -4.16. The SMILES string of the molecule is O=C(O)Cc1c(-c2ccccc2)c2c(N(C(=O)c3ccc(F)c(F)c3)c3ccccc3)ccnc2[nH]c1=O. The number of carboxylic acids is 1. The Morgan fingerprint density at radius 1 is 0.895 bits per heavy atom. The number of halogens is 2. The van der Waals surface area contributed by atoms with E-state index in [2.05, 4.69) is 9.97 Å². The summed E-state index contributed by atoms with van der Waals surface area (Å²) >= 11 is 0. The molecule has 9 heteroatoms. The summed E-state index contributed by atoms with van der Waals surface area (Å²) in [4.78, 5) is 46.9. The Hall–Kier alpha value is -5.18. The summed E-state index contributed by atoms with van der Waals surface area (Å²) in [5, 5.41) is 9.89. The van der Waals surface area contributed by atoms with Crippen LogP contribution in [0.25, 0.3) is 22.2 Å². The molecule has 3 aromatic carbocycles. The minimum Gasteiger partial charge on any atom is -0.481 e. The molecule has 5 rings (SSSR count). The van der Waals surface area contributed by atoms with Crippen molar-refractivity contribution in [2.75, 3.05) is 4.90 Å².